The van der Waals surface area contributed by atoms with Gasteiger partial charge < -0.3 is 14.5 Å². The number of anilines is 1. The number of ether oxygens (including phenoxy) is 1. The molecule has 2 atom stereocenters. The third-order valence-electron chi connectivity index (χ3n) is 6.84. The quantitative estimate of drug-likeness (QED) is 0.497. The summed E-state index contributed by atoms with van der Waals surface area (Å²) in [6.45, 7) is 5.11. The number of nitrogens with one attached hydrogen (secondary N) is 3. The molecule has 190 valence electrons. The number of rotatable bonds is 9. The van der Waals surface area contributed by atoms with E-state index < -0.39 is 0 Å². The van der Waals surface area contributed by atoms with E-state index in [0.717, 1.165) is 24.8 Å². The Balaban J connectivity index is 1.20. The zero-order chi connectivity index (χ0) is 24.8. The van der Waals surface area contributed by atoms with E-state index in [0.29, 0.717) is 62.5 Å². The number of carbonyl (C=O) groups excluding carboxylic acids is 1. The molecule has 2 aliphatic rings. The lowest BCUT2D eigenvalue weighted by Crippen LogP contribution is -2.38. The average Bonchev–Trinajstić information content (AvgIpc) is 3.33. The van der Waals surface area contributed by atoms with Crippen LogP contribution in [0.5, 0.6) is 0 Å². The van der Waals surface area contributed by atoms with Gasteiger partial charge in [-0.3, -0.25) is 25.4 Å². The highest BCUT2D eigenvalue weighted by atomic mass is 19.1. The summed E-state index contributed by atoms with van der Waals surface area (Å²) < 4.78 is 18.5. The smallest absolute Gasteiger partial charge is 0.255 e. The van der Waals surface area contributed by atoms with Gasteiger partial charge in [0.15, 0.2) is 0 Å². The molecule has 4 rings (SSSR count). The largest absolute Gasteiger partial charge is 0.378 e. The Hall–Kier alpha value is -2.82. The van der Waals surface area contributed by atoms with E-state index in [2.05, 4.69) is 20.8 Å². The van der Waals surface area contributed by atoms with Crippen LogP contribution in [-0.2, 0) is 16.0 Å². The fraction of sp³-hybridized carbons (Fsp3) is 0.560. The Morgan fingerprint density at radius 3 is 2.69 bits per heavy atom. The molecule has 2 saturated heterocycles. The predicted octanol–water partition coefficient (Wildman–Crippen LogP) is 1.83. The van der Waals surface area contributed by atoms with Gasteiger partial charge in [-0.25, -0.2) is 9.37 Å². The molecule has 3 N–H and O–H groups in total. The first kappa shape index (κ1) is 25.3. The first-order valence-corrected chi connectivity index (χ1v) is 12.3. The number of aromatic amines is 1. The molecule has 35 heavy (non-hydrogen) atoms. The van der Waals surface area contributed by atoms with Crippen LogP contribution in [0.25, 0.3) is 0 Å². The van der Waals surface area contributed by atoms with E-state index >= 15 is 0 Å². The molecular weight excluding hydrogens is 451 g/mol. The second-order valence-corrected chi connectivity index (χ2v) is 9.34. The Labute approximate surface area is 205 Å². The van der Waals surface area contributed by atoms with Crippen LogP contribution in [0.15, 0.2) is 29.1 Å². The van der Waals surface area contributed by atoms with E-state index in [1.54, 1.807) is 11.9 Å². The fourth-order valence-corrected chi connectivity index (χ4v) is 4.66. The summed E-state index contributed by atoms with van der Waals surface area (Å²) in [6, 6.07) is 7.03. The lowest BCUT2D eigenvalue weighted by atomic mass is 9.99. The van der Waals surface area contributed by atoms with Crippen molar-refractivity contribution in [2.45, 2.75) is 51.1 Å². The first-order chi connectivity index (χ1) is 16.9. The molecular formula is C25H35FN6O3. The van der Waals surface area contributed by atoms with E-state index in [9.17, 15) is 14.0 Å². The van der Waals surface area contributed by atoms with Crippen LogP contribution in [-0.4, -0.2) is 66.7 Å². The monoisotopic (exact) mass is 486 g/mol. The van der Waals surface area contributed by atoms with Gasteiger partial charge in [0.05, 0.1) is 13.2 Å². The molecule has 10 heteroatoms. The predicted molar refractivity (Wildman–Crippen MR) is 132 cm³/mol. The van der Waals surface area contributed by atoms with Crippen molar-refractivity contribution in [2.75, 3.05) is 44.8 Å². The summed E-state index contributed by atoms with van der Waals surface area (Å²) in [4.78, 5) is 36.5. The maximum Gasteiger partial charge on any atom is 0.255 e. The molecule has 2 aromatic rings. The molecule has 1 amide bonds. The van der Waals surface area contributed by atoms with Crippen molar-refractivity contribution in [1.29, 1.82) is 0 Å². The lowest BCUT2D eigenvalue weighted by Gasteiger charge is -2.27. The summed E-state index contributed by atoms with van der Waals surface area (Å²) in [5, 5.41) is 0. The molecule has 0 spiro atoms. The van der Waals surface area contributed by atoms with Gasteiger partial charge in [0.25, 0.3) is 5.56 Å². The molecule has 0 saturated carbocycles. The summed E-state index contributed by atoms with van der Waals surface area (Å²) in [5.41, 5.74) is 8.70. The number of hydrogen-bond acceptors (Lipinski definition) is 7. The van der Waals surface area contributed by atoms with E-state index in [4.69, 9.17) is 4.74 Å². The van der Waals surface area contributed by atoms with Gasteiger partial charge in [0.2, 0.25) is 11.9 Å². The summed E-state index contributed by atoms with van der Waals surface area (Å²) >= 11 is 0. The highest BCUT2D eigenvalue weighted by molar-refractivity contribution is 5.76. The lowest BCUT2D eigenvalue weighted by molar-refractivity contribution is -0.129. The molecule has 0 aliphatic carbocycles. The normalized spacial score (nSPS) is 20.3. The Kier molecular flexibility index (Phi) is 8.48. The van der Waals surface area contributed by atoms with Gasteiger partial charge in [-0.05, 0) is 50.3 Å². The van der Waals surface area contributed by atoms with Gasteiger partial charge in [-0.2, -0.15) is 0 Å². The zero-order valence-corrected chi connectivity index (χ0v) is 20.5. The first-order valence-electron chi connectivity index (χ1n) is 12.3. The van der Waals surface area contributed by atoms with Gasteiger partial charge in [-0.1, -0.05) is 12.1 Å². The molecule has 3 heterocycles. The number of aryl methyl sites for hydroxylation is 1. The van der Waals surface area contributed by atoms with Crippen molar-refractivity contribution in [3.8, 4) is 0 Å². The van der Waals surface area contributed by atoms with Gasteiger partial charge in [-0.15, -0.1) is 0 Å². The van der Waals surface area contributed by atoms with Gasteiger partial charge in [0, 0.05) is 56.4 Å². The minimum Gasteiger partial charge on any atom is -0.378 e. The van der Waals surface area contributed by atoms with Crippen molar-refractivity contribution in [3.05, 3.63) is 57.3 Å². The molecule has 0 bridgehead atoms. The summed E-state index contributed by atoms with van der Waals surface area (Å²) in [5.74, 6) is 0.354. The number of amides is 1. The average molecular weight is 487 g/mol. The van der Waals surface area contributed by atoms with Crippen molar-refractivity contribution < 1.29 is 13.9 Å². The van der Waals surface area contributed by atoms with Crippen LogP contribution in [0.1, 0.15) is 48.5 Å². The minimum atomic E-state index is -0.231. The molecule has 2 unspecified atom stereocenters. The van der Waals surface area contributed by atoms with Crippen molar-refractivity contribution in [2.24, 2.45) is 0 Å². The number of hydrazine groups is 1. The third kappa shape index (κ3) is 6.65. The van der Waals surface area contributed by atoms with Crippen molar-refractivity contribution in [1.82, 2.24) is 25.7 Å². The zero-order valence-electron chi connectivity index (χ0n) is 20.5. The number of nitrogens with zero attached hydrogens (tertiary/aromatic N) is 3. The SMILES string of the molecule is Cc1nc(N2CCOCC2)[nH]c(=O)c1CCC(=O)N(C)CCCC1CC(c2ccc(F)cc2)NN1. The van der Waals surface area contributed by atoms with E-state index in [1.807, 2.05) is 24.0 Å². The van der Waals surface area contributed by atoms with Crippen molar-refractivity contribution >= 4 is 11.9 Å². The number of halogens is 1. The van der Waals surface area contributed by atoms with Crippen LogP contribution in [0, 0.1) is 12.7 Å². The van der Waals surface area contributed by atoms with Gasteiger partial charge in [0.1, 0.15) is 5.82 Å². The number of morpholine rings is 1. The van der Waals surface area contributed by atoms with E-state index in [1.165, 1.54) is 12.1 Å². The Morgan fingerprint density at radius 2 is 1.97 bits per heavy atom. The number of carbonyl (C=O) groups is 1. The maximum absolute atomic E-state index is 13.1. The minimum absolute atomic E-state index is 0.0164. The van der Waals surface area contributed by atoms with E-state index in [-0.39, 0.29) is 29.7 Å². The number of H-pyrrole nitrogens is 1. The summed E-state index contributed by atoms with van der Waals surface area (Å²) in [6.07, 6.45) is 3.35. The standard InChI is InChI=1S/C25H35FN6O3/c1-17-21(24(34)28-25(27-17)32-12-14-35-15-13-32)9-10-23(33)31(2)11-3-4-20-16-22(30-29-20)18-5-7-19(26)8-6-18/h5-8,20,22,29-30H,3-4,9-16H2,1-2H3,(H,27,28,34). The number of hydrogen-bond donors (Lipinski definition) is 3. The van der Waals surface area contributed by atoms with Gasteiger partial charge >= 0.3 is 0 Å². The fourth-order valence-electron chi connectivity index (χ4n) is 4.66. The molecule has 9 nitrogen and oxygen atoms in total. The Bertz CT molecular complexity index is 1050. The second kappa shape index (κ2) is 11.7. The summed E-state index contributed by atoms with van der Waals surface area (Å²) in [7, 11) is 1.81. The topological polar surface area (TPSA) is 103 Å². The molecule has 2 aliphatic heterocycles. The molecule has 1 aromatic carbocycles. The van der Waals surface area contributed by atoms with Crippen LogP contribution >= 0.6 is 0 Å². The number of aromatic nitrogens is 2. The van der Waals surface area contributed by atoms with Crippen LogP contribution in [0.2, 0.25) is 0 Å². The van der Waals surface area contributed by atoms with Crippen LogP contribution in [0.4, 0.5) is 10.3 Å². The third-order valence-corrected chi connectivity index (χ3v) is 6.84. The van der Waals surface area contributed by atoms with Crippen molar-refractivity contribution in [3.63, 3.8) is 0 Å². The highest BCUT2D eigenvalue weighted by Gasteiger charge is 2.25. The maximum atomic E-state index is 13.1. The van der Waals surface area contributed by atoms with Crippen LogP contribution in [0.3, 0.4) is 0 Å². The Morgan fingerprint density at radius 1 is 1.23 bits per heavy atom. The number of benzene rings is 1. The molecule has 2 fully saturated rings. The highest BCUT2D eigenvalue weighted by Crippen LogP contribution is 2.24. The van der Waals surface area contributed by atoms with Crippen LogP contribution < -0.4 is 21.3 Å². The second-order valence-electron chi connectivity index (χ2n) is 9.34. The molecule has 1 aromatic heterocycles. The molecule has 0 radical (unpaired) electrons.